The van der Waals surface area contributed by atoms with Gasteiger partial charge in [0, 0.05) is 24.8 Å². The number of hydrogen-bond acceptors (Lipinski definition) is 7. The lowest BCUT2D eigenvalue weighted by Crippen LogP contribution is -2.37. The number of carbonyl (C=O) groups is 1. The summed E-state index contributed by atoms with van der Waals surface area (Å²) in [5.41, 5.74) is 1.84. The zero-order valence-electron chi connectivity index (χ0n) is 23.6. The van der Waals surface area contributed by atoms with Gasteiger partial charge in [0.15, 0.2) is 5.13 Å². The fourth-order valence-electron chi connectivity index (χ4n) is 4.30. The smallest absolute Gasteiger partial charge is 0.260 e. The predicted molar refractivity (Wildman–Crippen MR) is 160 cm³/mol. The molecule has 0 aliphatic heterocycles. The first kappa shape index (κ1) is 29.6. The Labute approximate surface area is 240 Å². The summed E-state index contributed by atoms with van der Waals surface area (Å²) in [6, 6.07) is 17.4. The van der Waals surface area contributed by atoms with Crippen molar-refractivity contribution in [2.45, 2.75) is 46.1 Å². The number of carbonyl (C=O) groups excluding carboxylic acids is 1. The number of hydrogen-bond donors (Lipinski definition) is 0. The number of benzene rings is 2. The molecule has 0 saturated carbocycles. The van der Waals surface area contributed by atoms with Gasteiger partial charge in [-0.05, 0) is 73.4 Å². The maximum atomic E-state index is 13.9. The van der Waals surface area contributed by atoms with Crippen LogP contribution in [0.25, 0.3) is 10.2 Å². The van der Waals surface area contributed by atoms with Gasteiger partial charge in [-0.3, -0.25) is 14.7 Å². The van der Waals surface area contributed by atoms with Crippen molar-refractivity contribution in [1.29, 1.82) is 0 Å². The normalized spacial score (nSPS) is 12.0. The maximum absolute atomic E-state index is 13.9. The number of ether oxygens (including phenoxy) is 1. The monoisotopic (exact) mass is 580 g/mol. The van der Waals surface area contributed by atoms with Crippen molar-refractivity contribution in [2.24, 2.45) is 11.8 Å². The van der Waals surface area contributed by atoms with Crippen LogP contribution in [0.1, 0.15) is 50.7 Å². The minimum absolute atomic E-state index is 0.171. The van der Waals surface area contributed by atoms with Crippen molar-refractivity contribution in [3.05, 3.63) is 78.1 Å². The Morgan fingerprint density at radius 1 is 0.975 bits per heavy atom. The molecule has 4 rings (SSSR count). The highest BCUT2D eigenvalue weighted by Gasteiger charge is 2.27. The lowest BCUT2D eigenvalue weighted by molar-refractivity contribution is 0.0984. The van der Waals surface area contributed by atoms with Crippen LogP contribution in [0.5, 0.6) is 5.75 Å². The van der Waals surface area contributed by atoms with Crippen LogP contribution in [0.3, 0.4) is 0 Å². The largest absolute Gasteiger partial charge is 0.494 e. The SMILES string of the molecule is CCOc1ccc2nc(N(Cc3ccccn3)C(=O)c3ccc(S(=O)(=O)N(CC(C)C)CC(C)C)cc3)sc2c1. The second kappa shape index (κ2) is 12.9. The Morgan fingerprint density at radius 3 is 2.27 bits per heavy atom. The average molecular weight is 581 g/mol. The van der Waals surface area contributed by atoms with Crippen LogP contribution in [0.15, 0.2) is 71.8 Å². The van der Waals surface area contributed by atoms with E-state index in [0.29, 0.717) is 36.1 Å². The summed E-state index contributed by atoms with van der Waals surface area (Å²) in [6.45, 7) is 11.6. The summed E-state index contributed by atoms with van der Waals surface area (Å²) in [4.78, 5) is 24.8. The maximum Gasteiger partial charge on any atom is 0.260 e. The van der Waals surface area contributed by atoms with E-state index in [1.807, 2.05) is 71.0 Å². The first-order valence-electron chi connectivity index (χ1n) is 13.4. The predicted octanol–water partition coefficient (Wildman–Crippen LogP) is 6.24. The van der Waals surface area contributed by atoms with Crippen molar-refractivity contribution >= 4 is 42.6 Å². The Morgan fingerprint density at radius 2 is 1.68 bits per heavy atom. The molecular formula is C30H36N4O4S2. The number of fused-ring (bicyclic) bond motifs is 1. The number of sulfonamides is 1. The van der Waals surface area contributed by atoms with E-state index < -0.39 is 10.0 Å². The van der Waals surface area contributed by atoms with Crippen molar-refractivity contribution in [3.63, 3.8) is 0 Å². The van der Waals surface area contributed by atoms with Crippen LogP contribution in [-0.2, 0) is 16.6 Å². The Kier molecular flexibility index (Phi) is 9.55. The minimum atomic E-state index is -3.70. The molecule has 2 aromatic carbocycles. The van der Waals surface area contributed by atoms with Crippen molar-refractivity contribution in [2.75, 3.05) is 24.6 Å². The molecule has 4 aromatic rings. The van der Waals surface area contributed by atoms with Gasteiger partial charge in [0.25, 0.3) is 5.91 Å². The minimum Gasteiger partial charge on any atom is -0.494 e. The number of aromatic nitrogens is 2. The second-order valence-corrected chi connectivity index (χ2v) is 13.4. The summed E-state index contributed by atoms with van der Waals surface area (Å²) in [5.74, 6) is 0.828. The number of pyridine rings is 1. The molecule has 10 heteroatoms. The highest BCUT2D eigenvalue weighted by molar-refractivity contribution is 7.89. The zero-order chi connectivity index (χ0) is 28.9. The molecule has 0 radical (unpaired) electrons. The molecule has 0 spiro atoms. The molecule has 0 aliphatic rings. The van der Waals surface area contributed by atoms with Gasteiger partial charge in [0.1, 0.15) is 5.75 Å². The number of anilines is 1. The van der Waals surface area contributed by atoms with Crippen LogP contribution < -0.4 is 9.64 Å². The Hall–Kier alpha value is -3.34. The third kappa shape index (κ3) is 7.04. The number of rotatable bonds is 12. The highest BCUT2D eigenvalue weighted by atomic mass is 32.2. The van der Waals surface area contributed by atoms with E-state index in [9.17, 15) is 13.2 Å². The molecule has 2 heterocycles. The molecular weight excluding hydrogens is 544 g/mol. The van der Waals surface area contributed by atoms with E-state index in [1.54, 1.807) is 23.2 Å². The van der Waals surface area contributed by atoms with Crippen LogP contribution in [0.4, 0.5) is 5.13 Å². The van der Waals surface area contributed by atoms with Crippen molar-refractivity contribution < 1.29 is 17.9 Å². The molecule has 0 N–H and O–H groups in total. The third-order valence-corrected chi connectivity index (χ3v) is 8.95. The third-order valence-electron chi connectivity index (χ3n) is 6.06. The Balaban J connectivity index is 1.67. The fourth-order valence-corrected chi connectivity index (χ4v) is 7.06. The van der Waals surface area contributed by atoms with E-state index in [0.717, 1.165) is 16.0 Å². The van der Waals surface area contributed by atoms with Gasteiger partial charge in [0.05, 0.1) is 34.0 Å². The highest BCUT2D eigenvalue weighted by Crippen LogP contribution is 2.33. The lowest BCUT2D eigenvalue weighted by atomic mass is 10.2. The van der Waals surface area contributed by atoms with Gasteiger partial charge in [-0.2, -0.15) is 4.31 Å². The average Bonchev–Trinajstić information content (AvgIpc) is 3.34. The van der Waals surface area contributed by atoms with Crippen LogP contribution >= 0.6 is 11.3 Å². The molecule has 0 fully saturated rings. The van der Waals surface area contributed by atoms with E-state index in [1.165, 1.54) is 27.8 Å². The van der Waals surface area contributed by atoms with E-state index in [-0.39, 0.29) is 29.2 Å². The molecule has 0 atom stereocenters. The van der Waals surface area contributed by atoms with Gasteiger partial charge in [-0.25, -0.2) is 13.4 Å². The van der Waals surface area contributed by atoms with Gasteiger partial charge in [-0.1, -0.05) is 45.1 Å². The first-order chi connectivity index (χ1) is 19.1. The van der Waals surface area contributed by atoms with E-state index in [2.05, 4.69) is 4.98 Å². The lowest BCUT2D eigenvalue weighted by Gasteiger charge is -2.26. The molecule has 0 aliphatic carbocycles. The van der Waals surface area contributed by atoms with Crippen molar-refractivity contribution in [3.8, 4) is 5.75 Å². The molecule has 0 unspecified atom stereocenters. The molecule has 40 heavy (non-hydrogen) atoms. The van der Waals surface area contributed by atoms with E-state index in [4.69, 9.17) is 9.72 Å². The molecule has 1 amide bonds. The quantitative estimate of drug-likeness (QED) is 0.197. The summed E-state index contributed by atoms with van der Waals surface area (Å²) < 4.78 is 35.0. The molecule has 212 valence electrons. The number of amides is 1. The molecule has 2 aromatic heterocycles. The van der Waals surface area contributed by atoms with Gasteiger partial charge in [0.2, 0.25) is 10.0 Å². The van der Waals surface area contributed by atoms with Gasteiger partial charge < -0.3 is 4.74 Å². The van der Waals surface area contributed by atoms with Crippen LogP contribution in [-0.4, -0.2) is 48.3 Å². The summed E-state index contributed by atoms with van der Waals surface area (Å²) in [6.07, 6.45) is 1.68. The van der Waals surface area contributed by atoms with Crippen LogP contribution in [0, 0.1) is 11.8 Å². The molecule has 8 nitrogen and oxygen atoms in total. The van der Waals surface area contributed by atoms with Gasteiger partial charge in [-0.15, -0.1) is 0 Å². The Bertz CT molecular complexity index is 1530. The fraction of sp³-hybridized carbons (Fsp3) is 0.367. The summed E-state index contributed by atoms with van der Waals surface area (Å²) in [7, 11) is -3.70. The number of thiazole rings is 1. The van der Waals surface area contributed by atoms with E-state index >= 15 is 0 Å². The van der Waals surface area contributed by atoms with Crippen molar-refractivity contribution in [1.82, 2.24) is 14.3 Å². The zero-order valence-corrected chi connectivity index (χ0v) is 25.2. The number of nitrogens with zero attached hydrogens (tertiary/aromatic N) is 4. The van der Waals surface area contributed by atoms with Crippen LogP contribution in [0.2, 0.25) is 0 Å². The molecule has 0 bridgehead atoms. The van der Waals surface area contributed by atoms with Gasteiger partial charge >= 0.3 is 0 Å². The standard InChI is InChI=1S/C30H36N4O4S2/c1-6-38-25-12-15-27-28(17-25)39-30(32-27)34(20-24-9-7-8-16-31-24)29(35)23-10-13-26(14-11-23)40(36,37)33(18-21(2)3)19-22(4)5/h7-17,21-22H,6,18-20H2,1-5H3. The summed E-state index contributed by atoms with van der Waals surface area (Å²) >= 11 is 1.39. The summed E-state index contributed by atoms with van der Waals surface area (Å²) in [5, 5.41) is 0.524. The first-order valence-corrected chi connectivity index (χ1v) is 15.7. The molecule has 0 saturated heterocycles. The topological polar surface area (TPSA) is 92.7 Å². The second-order valence-electron chi connectivity index (χ2n) is 10.4.